The van der Waals surface area contributed by atoms with Gasteiger partial charge in [0.2, 0.25) is 0 Å². The van der Waals surface area contributed by atoms with Gasteiger partial charge >= 0.3 is 0 Å². The molecule has 1 unspecified atom stereocenters. The minimum atomic E-state index is 0.395. The third-order valence-corrected chi connectivity index (χ3v) is 4.61. The molecule has 0 saturated carbocycles. The summed E-state index contributed by atoms with van der Waals surface area (Å²) in [4.78, 5) is 4.99. The number of nitrogens with one attached hydrogen (secondary N) is 1. The van der Waals surface area contributed by atoms with Crippen molar-refractivity contribution in [3.63, 3.8) is 0 Å². The first kappa shape index (κ1) is 14.7. The second kappa shape index (κ2) is 7.14. The van der Waals surface area contributed by atoms with Gasteiger partial charge in [0.15, 0.2) is 0 Å². The van der Waals surface area contributed by atoms with Crippen molar-refractivity contribution in [1.82, 2.24) is 4.90 Å². The molecule has 0 radical (unpaired) electrons. The lowest BCUT2D eigenvalue weighted by molar-refractivity contribution is 0.120. The number of benzene rings is 1. The Morgan fingerprint density at radius 3 is 2.52 bits per heavy atom. The van der Waals surface area contributed by atoms with Crippen molar-refractivity contribution in [1.29, 1.82) is 0 Å². The van der Waals surface area contributed by atoms with Crippen LogP contribution < -0.4 is 10.2 Å². The molecule has 1 aromatic carbocycles. The zero-order valence-electron chi connectivity index (χ0n) is 13.1. The Bertz CT molecular complexity index is 420. The van der Waals surface area contributed by atoms with Crippen LogP contribution >= 0.6 is 0 Å². The minimum Gasteiger partial charge on any atom is -0.382 e. The number of likely N-dealkylation sites (N-methyl/N-ethyl adjacent to an activating group) is 1. The maximum Gasteiger partial charge on any atom is 0.0748 e. The monoisotopic (exact) mass is 289 g/mol. The van der Waals surface area contributed by atoms with Crippen molar-refractivity contribution in [3.8, 4) is 0 Å². The molecule has 4 heteroatoms. The lowest BCUT2D eigenvalue weighted by Gasteiger charge is -2.35. The van der Waals surface area contributed by atoms with Crippen LogP contribution in [0.3, 0.4) is 0 Å². The summed E-state index contributed by atoms with van der Waals surface area (Å²) >= 11 is 0. The predicted octanol–water partition coefficient (Wildman–Crippen LogP) is 2.42. The van der Waals surface area contributed by atoms with Crippen molar-refractivity contribution >= 4 is 11.4 Å². The molecule has 2 fully saturated rings. The van der Waals surface area contributed by atoms with Crippen molar-refractivity contribution in [2.24, 2.45) is 0 Å². The van der Waals surface area contributed by atoms with Crippen LogP contribution in [0.15, 0.2) is 24.3 Å². The molecule has 0 spiro atoms. The highest BCUT2D eigenvalue weighted by Crippen LogP contribution is 2.20. The molecular weight excluding hydrogens is 262 g/mol. The summed E-state index contributed by atoms with van der Waals surface area (Å²) in [5.74, 6) is 0. The molecule has 0 amide bonds. The summed E-state index contributed by atoms with van der Waals surface area (Å²) in [6.45, 7) is 9.88. The molecular formula is C17H27N3O. The second-order valence-corrected chi connectivity index (χ2v) is 5.98. The van der Waals surface area contributed by atoms with Crippen molar-refractivity contribution in [2.45, 2.75) is 25.9 Å². The summed E-state index contributed by atoms with van der Waals surface area (Å²) in [5.41, 5.74) is 2.54. The number of hydrogen-bond donors (Lipinski definition) is 1. The molecule has 4 nitrogen and oxygen atoms in total. The van der Waals surface area contributed by atoms with Gasteiger partial charge < -0.3 is 19.9 Å². The lowest BCUT2D eigenvalue weighted by Crippen LogP contribution is -2.46. The van der Waals surface area contributed by atoms with Gasteiger partial charge in [-0.05, 0) is 43.7 Å². The highest BCUT2D eigenvalue weighted by molar-refractivity contribution is 5.55. The second-order valence-electron chi connectivity index (χ2n) is 5.98. The van der Waals surface area contributed by atoms with Crippen molar-refractivity contribution in [3.05, 3.63) is 24.3 Å². The summed E-state index contributed by atoms with van der Waals surface area (Å²) < 4.78 is 5.64. The Labute approximate surface area is 128 Å². The topological polar surface area (TPSA) is 27.7 Å². The third kappa shape index (κ3) is 3.89. The molecule has 2 saturated heterocycles. The molecule has 2 heterocycles. The van der Waals surface area contributed by atoms with Crippen LogP contribution in [0, 0.1) is 0 Å². The number of ether oxygens (including phenoxy) is 1. The molecule has 0 aromatic heterocycles. The average molecular weight is 289 g/mol. The predicted molar refractivity (Wildman–Crippen MR) is 88.2 cm³/mol. The van der Waals surface area contributed by atoms with E-state index in [-0.39, 0.29) is 0 Å². The standard InChI is InChI=1S/C17H27N3O/c1-2-19-9-11-20(12-10-19)16-7-5-15(6-8-16)18-14-17-4-3-13-21-17/h5-8,17-18H,2-4,9-14H2,1H3. The van der Waals surface area contributed by atoms with Gasteiger partial charge in [0, 0.05) is 50.7 Å². The smallest absolute Gasteiger partial charge is 0.0748 e. The number of hydrogen-bond acceptors (Lipinski definition) is 4. The zero-order valence-corrected chi connectivity index (χ0v) is 13.1. The highest BCUT2D eigenvalue weighted by Gasteiger charge is 2.16. The largest absolute Gasteiger partial charge is 0.382 e. The van der Waals surface area contributed by atoms with Gasteiger partial charge in [0.25, 0.3) is 0 Å². The molecule has 116 valence electrons. The van der Waals surface area contributed by atoms with Crippen LogP contribution in [-0.4, -0.2) is 56.9 Å². The maximum absolute atomic E-state index is 5.64. The normalized spacial score (nSPS) is 23.5. The van der Waals surface area contributed by atoms with Gasteiger partial charge in [-0.15, -0.1) is 0 Å². The van der Waals surface area contributed by atoms with E-state index in [2.05, 4.69) is 46.3 Å². The van der Waals surface area contributed by atoms with Crippen LogP contribution in [-0.2, 0) is 4.74 Å². The van der Waals surface area contributed by atoms with Crippen LogP contribution in [0.2, 0.25) is 0 Å². The van der Waals surface area contributed by atoms with Crippen LogP contribution in [0.1, 0.15) is 19.8 Å². The molecule has 21 heavy (non-hydrogen) atoms. The first-order chi connectivity index (χ1) is 10.3. The summed E-state index contributed by atoms with van der Waals surface area (Å²) in [7, 11) is 0. The lowest BCUT2D eigenvalue weighted by atomic mass is 10.2. The van der Waals surface area contributed by atoms with Gasteiger partial charge in [-0.2, -0.15) is 0 Å². The van der Waals surface area contributed by atoms with Crippen molar-refractivity contribution in [2.75, 3.05) is 56.1 Å². The number of nitrogens with zero attached hydrogens (tertiary/aromatic N) is 2. The van der Waals surface area contributed by atoms with E-state index >= 15 is 0 Å². The molecule has 1 aromatic rings. The SMILES string of the molecule is CCN1CCN(c2ccc(NCC3CCCO3)cc2)CC1. The summed E-state index contributed by atoms with van der Waals surface area (Å²) in [6, 6.07) is 8.85. The maximum atomic E-state index is 5.64. The molecule has 2 aliphatic rings. The number of rotatable bonds is 5. The minimum absolute atomic E-state index is 0.395. The summed E-state index contributed by atoms with van der Waals surface area (Å²) in [6.07, 6.45) is 2.79. The van der Waals surface area contributed by atoms with Crippen LogP contribution in [0.4, 0.5) is 11.4 Å². The Kier molecular flexibility index (Phi) is 4.99. The quantitative estimate of drug-likeness (QED) is 0.901. The van der Waals surface area contributed by atoms with E-state index in [1.165, 1.54) is 43.9 Å². The molecule has 1 atom stereocenters. The molecule has 0 aliphatic carbocycles. The number of piperazine rings is 1. The average Bonchev–Trinajstić information content (AvgIpc) is 3.07. The zero-order chi connectivity index (χ0) is 14.5. The molecule has 2 aliphatic heterocycles. The number of anilines is 2. The van der Waals surface area contributed by atoms with Gasteiger partial charge in [-0.3, -0.25) is 0 Å². The van der Waals surface area contributed by atoms with Gasteiger partial charge in [-0.1, -0.05) is 6.92 Å². The fourth-order valence-electron chi connectivity index (χ4n) is 3.15. The van der Waals surface area contributed by atoms with E-state index in [9.17, 15) is 0 Å². The van der Waals surface area contributed by atoms with Crippen LogP contribution in [0.5, 0.6) is 0 Å². The Balaban J connectivity index is 1.49. The van der Waals surface area contributed by atoms with E-state index in [1.807, 2.05) is 0 Å². The van der Waals surface area contributed by atoms with E-state index in [4.69, 9.17) is 4.74 Å². The Morgan fingerprint density at radius 2 is 1.90 bits per heavy atom. The highest BCUT2D eigenvalue weighted by atomic mass is 16.5. The first-order valence-corrected chi connectivity index (χ1v) is 8.28. The fourth-order valence-corrected chi connectivity index (χ4v) is 3.15. The molecule has 0 bridgehead atoms. The van der Waals surface area contributed by atoms with Gasteiger partial charge in [-0.25, -0.2) is 0 Å². The van der Waals surface area contributed by atoms with E-state index in [0.29, 0.717) is 6.10 Å². The third-order valence-electron chi connectivity index (χ3n) is 4.61. The Morgan fingerprint density at radius 1 is 1.14 bits per heavy atom. The Hall–Kier alpha value is -1.26. The van der Waals surface area contributed by atoms with Gasteiger partial charge in [0.1, 0.15) is 0 Å². The van der Waals surface area contributed by atoms with Crippen molar-refractivity contribution < 1.29 is 4.74 Å². The molecule has 1 N–H and O–H groups in total. The van der Waals surface area contributed by atoms with E-state index in [1.54, 1.807) is 0 Å². The van der Waals surface area contributed by atoms with Crippen LogP contribution in [0.25, 0.3) is 0 Å². The van der Waals surface area contributed by atoms with Gasteiger partial charge in [0.05, 0.1) is 6.10 Å². The van der Waals surface area contributed by atoms with E-state index < -0.39 is 0 Å². The molecule has 3 rings (SSSR count). The first-order valence-electron chi connectivity index (χ1n) is 8.28. The summed E-state index contributed by atoms with van der Waals surface area (Å²) in [5, 5.41) is 3.48. The fraction of sp³-hybridized carbons (Fsp3) is 0.647. The van der Waals surface area contributed by atoms with E-state index in [0.717, 1.165) is 26.2 Å².